The highest BCUT2D eigenvalue weighted by Crippen LogP contribution is 2.15. The van der Waals surface area contributed by atoms with Crippen LogP contribution in [0.3, 0.4) is 0 Å². The van der Waals surface area contributed by atoms with Crippen LogP contribution in [0, 0.1) is 5.92 Å². The van der Waals surface area contributed by atoms with E-state index in [2.05, 4.69) is 20.7 Å². The minimum absolute atomic E-state index is 0.190. The Hall–Kier alpha value is -0.390. The number of halogens is 1. The highest BCUT2D eigenvalue weighted by atomic mass is 79.9. The van der Waals surface area contributed by atoms with Crippen molar-refractivity contribution < 1.29 is 8.42 Å². The zero-order valence-corrected chi connectivity index (χ0v) is 12.5. The minimum atomic E-state index is -3.16. The molecule has 0 amide bonds. The van der Waals surface area contributed by atoms with Crippen molar-refractivity contribution in [1.82, 2.24) is 4.72 Å². The molecule has 1 aromatic carbocycles. The zero-order valence-electron chi connectivity index (χ0n) is 10.1. The van der Waals surface area contributed by atoms with E-state index in [0.29, 0.717) is 18.9 Å². The molecular weight excluding hydrogens is 302 g/mol. The molecule has 0 bridgehead atoms. The number of nitrogens with one attached hydrogen (secondary N) is 1. The molecule has 5 heteroatoms. The van der Waals surface area contributed by atoms with Gasteiger partial charge in [0.25, 0.3) is 0 Å². The van der Waals surface area contributed by atoms with Crippen molar-refractivity contribution in [2.45, 2.75) is 26.8 Å². The van der Waals surface area contributed by atoms with Gasteiger partial charge in [-0.15, -0.1) is 0 Å². The third kappa shape index (κ3) is 5.66. The number of hydrogen-bond donors (Lipinski definition) is 1. The Morgan fingerprint density at radius 2 is 1.94 bits per heavy atom. The van der Waals surface area contributed by atoms with E-state index in [9.17, 15) is 8.42 Å². The monoisotopic (exact) mass is 319 g/mol. The molecule has 0 fully saturated rings. The summed E-state index contributed by atoms with van der Waals surface area (Å²) in [6.45, 7) is 4.37. The van der Waals surface area contributed by atoms with E-state index < -0.39 is 10.0 Å². The lowest BCUT2D eigenvalue weighted by Crippen LogP contribution is -2.26. The molecule has 0 heterocycles. The Bertz CT molecular complexity index is 457. The van der Waals surface area contributed by atoms with Gasteiger partial charge < -0.3 is 0 Å². The lowest BCUT2D eigenvalue weighted by Gasteiger charge is -2.09. The summed E-state index contributed by atoms with van der Waals surface area (Å²) in [6.07, 6.45) is 0.686. The van der Waals surface area contributed by atoms with Gasteiger partial charge in [0.2, 0.25) is 10.0 Å². The summed E-state index contributed by atoms with van der Waals surface area (Å²) >= 11 is 3.39. The fraction of sp³-hybridized carbons (Fsp3) is 0.500. The van der Waals surface area contributed by atoms with Crippen LogP contribution in [0.1, 0.15) is 25.8 Å². The van der Waals surface area contributed by atoms with Crippen LogP contribution < -0.4 is 4.72 Å². The summed E-state index contributed by atoms with van der Waals surface area (Å²) in [5.41, 5.74) is 0.945. The van der Waals surface area contributed by atoms with E-state index in [-0.39, 0.29) is 5.75 Å². The van der Waals surface area contributed by atoms with Crippen LogP contribution in [0.25, 0.3) is 0 Å². The van der Waals surface area contributed by atoms with Crippen molar-refractivity contribution in [2.24, 2.45) is 5.92 Å². The normalized spacial score (nSPS) is 12.0. The van der Waals surface area contributed by atoms with E-state index in [1.807, 2.05) is 38.1 Å². The first-order chi connectivity index (χ1) is 7.91. The van der Waals surface area contributed by atoms with Crippen molar-refractivity contribution in [2.75, 3.05) is 5.75 Å². The Labute approximate surface area is 112 Å². The summed E-state index contributed by atoms with van der Waals surface area (Å²) in [5, 5.41) is 0. The smallest absolute Gasteiger partial charge is 0.211 e. The van der Waals surface area contributed by atoms with Gasteiger partial charge in [0.1, 0.15) is 0 Å². The van der Waals surface area contributed by atoms with Crippen molar-refractivity contribution in [1.29, 1.82) is 0 Å². The van der Waals surface area contributed by atoms with Gasteiger partial charge in [0.05, 0.1) is 5.75 Å². The third-order valence-electron chi connectivity index (χ3n) is 2.40. The zero-order chi connectivity index (χ0) is 12.9. The molecule has 0 aliphatic carbocycles. The molecule has 0 aliphatic rings. The van der Waals surface area contributed by atoms with E-state index in [1.165, 1.54) is 0 Å². The van der Waals surface area contributed by atoms with Gasteiger partial charge >= 0.3 is 0 Å². The van der Waals surface area contributed by atoms with E-state index in [1.54, 1.807) is 0 Å². The van der Waals surface area contributed by atoms with Crippen molar-refractivity contribution in [3.8, 4) is 0 Å². The molecule has 0 radical (unpaired) electrons. The first kappa shape index (κ1) is 14.7. The standard InChI is InChI=1S/C12H18BrNO2S/c1-10(2)7-8-17(15,16)14-9-11-5-3-4-6-12(11)13/h3-6,10,14H,7-9H2,1-2H3. The van der Waals surface area contributed by atoms with Crippen LogP contribution >= 0.6 is 15.9 Å². The van der Waals surface area contributed by atoms with Gasteiger partial charge in [0, 0.05) is 11.0 Å². The molecule has 3 nitrogen and oxygen atoms in total. The van der Waals surface area contributed by atoms with Gasteiger partial charge in [-0.25, -0.2) is 13.1 Å². The van der Waals surface area contributed by atoms with Crippen molar-refractivity contribution >= 4 is 26.0 Å². The highest BCUT2D eigenvalue weighted by Gasteiger charge is 2.11. The average Bonchev–Trinajstić information content (AvgIpc) is 2.26. The second kappa shape index (κ2) is 6.52. The Balaban J connectivity index is 2.53. The van der Waals surface area contributed by atoms with Crippen LogP contribution in [0.5, 0.6) is 0 Å². The molecule has 0 spiro atoms. The second-order valence-electron chi connectivity index (χ2n) is 4.41. The Morgan fingerprint density at radius 1 is 1.29 bits per heavy atom. The number of benzene rings is 1. The topological polar surface area (TPSA) is 46.2 Å². The molecule has 96 valence electrons. The number of sulfonamides is 1. The second-order valence-corrected chi connectivity index (χ2v) is 7.19. The lowest BCUT2D eigenvalue weighted by atomic mass is 10.2. The van der Waals surface area contributed by atoms with Crippen LogP contribution in [0.4, 0.5) is 0 Å². The van der Waals surface area contributed by atoms with Crippen LogP contribution in [-0.2, 0) is 16.6 Å². The first-order valence-corrected chi connectivity index (χ1v) is 8.06. The van der Waals surface area contributed by atoms with E-state index in [0.717, 1.165) is 10.0 Å². The molecule has 1 aromatic rings. The SMILES string of the molecule is CC(C)CCS(=O)(=O)NCc1ccccc1Br. The maximum atomic E-state index is 11.7. The third-order valence-corrected chi connectivity index (χ3v) is 4.54. The van der Waals surface area contributed by atoms with Crippen LogP contribution in [0.2, 0.25) is 0 Å². The molecule has 1 rings (SSSR count). The summed E-state index contributed by atoms with van der Waals surface area (Å²) in [5.74, 6) is 0.588. The minimum Gasteiger partial charge on any atom is -0.212 e. The molecule has 0 unspecified atom stereocenters. The van der Waals surface area contributed by atoms with Crippen molar-refractivity contribution in [3.05, 3.63) is 34.3 Å². The predicted octanol–water partition coefficient (Wildman–Crippen LogP) is 2.91. The molecule has 0 atom stereocenters. The van der Waals surface area contributed by atoms with Crippen LogP contribution in [-0.4, -0.2) is 14.2 Å². The number of hydrogen-bond acceptors (Lipinski definition) is 2. The Morgan fingerprint density at radius 3 is 2.53 bits per heavy atom. The maximum Gasteiger partial charge on any atom is 0.211 e. The maximum absolute atomic E-state index is 11.7. The molecular formula is C12H18BrNO2S. The van der Waals surface area contributed by atoms with E-state index in [4.69, 9.17) is 0 Å². The highest BCUT2D eigenvalue weighted by molar-refractivity contribution is 9.10. The largest absolute Gasteiger partial charge is 0.212 e. The summed E-state index contributed by atoms with van der Waals surface area (Å²) in [6, 6.07) is 7.59. The average molecular weight is 320 g/mol. The van der Waals surface area contributed by atoms with Crippen molar-refractivity contribution in [3.63, 3.8) is 0 Å². The molecule has 17 heavy (non-hydrogen) atoms. The predicted molar refractivity (Wildman–Crippen MR) is 74.2 cm³/mol. The summed E-state index contributed by atoms with van der Waals surface area (Å²) in [7, 11) is -3.16. The summed E-state index contributed by atoms with van der Waals surface area (Å²) in [4.78, 5) is 0. The van der Waals surface area contributed by atoms with Crippen LogP contribution in [0.15, 0.2) is 28.7 Å². The van der Waals surface area contributed by atoms with Gasteiger partial charge in [-0.1, -0.05) is 48.0 Å². The lowest BCUT2D eigenvalue weighted by molar-refractivity contribution is 0.561. The first-order valence-electron chi connectivity index (χ1n) is 5.61. The van der Waals surface area contributed by atoms with Gasteiger partial charge in [-0.3, -0.25) is 0 Å². The fourth-order valence-electron chi connectivity index (χ4n) is 1.29. The fourth-order valence-corrected chi connectivity index (χ4v) is 3.02. The molecule has 1 N–H and O–H groups in total. The van der Waals surface area contributed by atoms with Gasteiger partial charge in [0.15, 0.2) is 0 Å². The molecule has 0 aromatic heterocycles. The Kier molecular flexibility index (Phi) is 5.62. The summed E-state index contributed by atoms with van der Waals surface area (Å²) < 4.78 is 26.9. The van der Waals surface area contributed by atoms with Gasteiger partial charge in [-0.2, -0.15) is 0 Å². The molecule has 0 saturated carbocycles. The van der Waals surface area contributed by atoms with Gasteiger partial charge in [-0.05, 0) is 24.0 Å². The quantitative estimate of drug-likeness (QED) is 0.876. The van der Waals surface area contributed by atoms with E-state index >= 15 is 0 Å². The molecule has 0 aliphatic heterocycles. The molecule has 0 saturated heterocycles. The number of rotatable bonds is 6.